The summed E-state index contributed by atoms with van der Waals surface area (Å²) < 4.78 is 31.3. The second-order valence-electron chi connectivity index (χ2n) is 3.67. The predicted molar refractivity (Wildman–Crippen MR) is 64.3 cm³/mol. The molecule has 0 aliphatic heterocycles. The molecule has 1 aromatic heterocycles. The third-order valence-electron chi connectivity index (χ3n) is 2.39. The minimum Gasteiger partial charge on any atom is -0.466 e. The first kappa shape index (κ1) is 14.7. The molecule has 0 unspecified atom stereocenters. The number of ether oxygens (including phenoxy) is 1. The van der Waals surface area contributed by atoms with E-state index in [4.69, 9.17) is 4.74 Å². The molecule has 1 heterocycles. The van der Waals surface area contributed by atoms with Gasteiger partial charge in [-0.3, -0.25) is 9.48 Å². The first-order valence-corrected chi connectivity index (χ1v) is 6.93. The smallest absolute Gasteiger partial charge is 0.307 e. The van der Waals surface area contributed by atoms with Crippen molar-refractivity contribution in [1.29, 1.82) is 0 Å². The van der Waals surface area contributed by atoms with Crippen molar-refractivity contribution in [1.82, 2.24) is 14.1 Å². The van der Waals surface area contributed by atoms with Gasteiger partial charge in [-0.1, -0.05) is 0 Å². The Hall–Kier alpha value is -1.41. The Kier molecular flexibility index (Phi) is 4.85. The molecule has 0 fully saturated rings. The van der Waals surface area contributed by atoms with Gasteiger partial charge in [0.2, 0.25) is 0 Å². The first-order valence-electron chi connectivity index (χ1n) is 5.49. The molecule has 0 spiro atoms. The number of sulfonamides is 1. The van der Waals surface area contributed by atoms with Crippen molar-refractivity contribution in [2.24, 2.45) is 7.05 Å². The van der Waals surface area contributed by atoms with E-state index >= 15 is 0 Å². The Morgan fingerprint density at radius 2 is 2.22 bits per heavy atom. The van der Waals surface area contributed by atoms with Crippen molar-refractivity contribution >= 4 is 16.0 Å². The van der Waals surface area contributed by atoms with Crippen LogP contribution < -0.4 is 0 Å². The molecule has 0 saturated heterocycles. The van der Waals surface area contributed by atoms with Gasteiger partial charge in [-0.2, -0.15) is 9.40 Å². The van der Waals surface area contributed by atoms with Crippen molar-refractivity contribution in [2.75, 3.05) is 20.2 Å². The molecule has 0 bridgehead atoms. The molecule has 18 heavy (non-hydrogen) atoms. The van der Waals surface area contributed by atoms with Crippen molar-refractivity contribution in [2.45, 2.75) is 18.4 Å². The Labute approximate surface area is 106 Å². The van der Waals surface area contributed by atoms with E-state index in [1.165, 1.54) is 24.0 Å². The molecule has 0 aliphatic rings. The van der Waals surface area contributed by atoms with Crippen molar-refractivity contribution < 1.29 is 17.9 Å². The van der Waals surface area contributed by atoms with E-state index in [0.29, 0.717) is 0 Å². The van der Waals surface area contributed by atoms with Crippen LogP contribution in [0, 0.1) is 0 Å². The maximum absolute atomic E-state index is 12.1. The summed E-state index contributed by atoms with van der Waals surface area (Å²) in [6.45, 7) is 2.07. The van der Waals surface area contributed by atoms with Gasteiger partial charge >= 0.3 is 5.97 Å². The fraction of sp³-hybridized carbons (Fsp3) is 0.600. The number of esters is 1. The van der Waals surface area contributed by atoms with Crippen LogP contribution in [0.1, 0.15) is 13.3 Å². The Bertz CT molecular complexity index is 509. The summed E-state index contributed by atoms with van der Waals surface area (Å²) in [5, 5.41) is 3.90. The maximum atomic E-state index is 12.1. The second-order valence-corrected chi connectivity index (χ2v) is 5.67. The van der Waals surface area contributed by atoms with E-state index < -0.39 is 16.0 Å². The fourth-order valence-corrected chi connectivity index (χ4v) is 2.64. The van der Waals surface area contributed by atoms with E-state index in [-0.39, 0.29) is 24.6 Å². The van der Waals surface area contributed by atoms with Crippen LogP contribution in [-0.2, 0) is 26.6 Å². The lowest BCUT2D eigenvalue weighted by molar-refractivity contribution is -0.143. The molecule has 1 rings (SSSR count). The van der Waals surface area contributed by atoms with Crippen LogP contribution in [-0.4, -0.2) is 48.7 Å². The number of rotatable bonds is 6. The number of aromatic nitrogens is 2. The van der Waals surface area contributed by atoms with E-state index in [0.717, 1.165) is 4.31 Å². The summed E-state index contributed by atoms with van der Waals surface area (Å²) in [4.78, 5) is 11.2. The van der Waals surface area contributed by atoms with Gasteiger partial charge in [0.25, 0.3) is 10.0 Å². The van der Waals surface area contributed by atoms with E-state index in [1.54, 1.807) is 14.0 Å². The van der Waals surface area contributed by atoms with Crippen LogP contribution in [0.4, 0.5) is 0 Å². The van der Waals surface area contributed by atoms with Gasteiger partial charge in [0.15, 0.2) is 5.03 Å². The zero-order chi connectivity index (χ0) is 13.8. The van der Waals surface area contributed by atoms with E-state index in [1.807, 2.05) is 0 Å². The van der Waals surface area contributed by atoms with Gasteiger partial charge in [-0.25, -0.2) is 8.42 Å². The standard InChI is InChI=1S/C10H17N3O4S/c1-4-17-10(14)6-8-12(2)18(15,16)9-5-7-11-13(9)3/h5,7H,4,6,8H2,1-3H3. The molecule has 102 valence electrons. The number of carbonyl (C=O) groups excluding carboxylic acids is 1. The number of hydrogen-bond donors (Lipinski definition) is 0. The van der Waals surface area contributed by atoms with Crippen LogP contribution in [0.25, 0.3) is 0 Å². The molecule has 0 radical (unpaired) electrons. The van der Waals surface area contributed by atoms with Crippen LogP contribution in [0.15, 0.2) is 17.3 Å². The Morgan fingerprint density at radius 3 is 2.72 bits per heavy atom. The molecular formula is C10H17N3O4S. The van der Waals surface area contributed by atoms with Crippen LogP contribution in [0.5, 0.6) is 0 Å². The molecule has 0 aliphatic carbocycles. The molecule has 7 nitrogen and oxygen atoms in total. The Morgan fingerprint density at radius 1 is 1.56 bits per heavy atom. The van der Waals surface area contributed by atoms with Crippen LogP contribution >= 0.6 is 0 Å². The second kappa shape index (κ2) is 5.96. The first-order chi connectivity index (χ1) is 8.39. The van der Waals surface area contributed by atoms with Crippen molar-refractivity contribution in [3.63, 3.8) is 0 Å². The summed E-state index contributed by atoms with van der Waals surface area (Å²) in [6, 6.07) is 1.41. The molecule has 0 saturated carbocycles. The van der Waals surface area contributed by atoms with E-state index in [9.17, 15) is 13.2 Å². The topological polar surface area (TPSA) is 81.5 Å². The molecule has 0 amide bonds. The minimum absolute atomic E-state index is 0.0292. The van der Waals surface area contributed by atoms with Gasteiger partial charge < -0.3 is 4.74 Å². The zero-order valence-electron chi connectivity index (χ0n) is 10.7. The summed E-state index contributed by atoms with van der Waals surface area (Å²) in [6.07, 6.45) is 1.44. The number of carbonyl (C=O) groups is 1. The normalized spacial score (nSPS) is 11.8. The quantitative estimate of drug-likeness (QED) is 0.682. The number of nitrogens with zero attached hydrogens (tertiary/aromatic N) is 3. The number of aryl methyl sites for hydroxylation is 1. The van der Waals surface area contributed by atoms with Gasteiger partial charge in [-0.15, -0.1) is 0 Å². The lowest BCUT2D eigenvalue weighted by Crippen LogP contribution is -2.30. The largest absolute Gasteiger partial charge is 0.466 e. The maximum Gasteiger partial charge on any atom is 0.307 e. The van der Waals surface area contributed by atoms with Gasteiger partial charge in [0, 0.05) is 20.6 Å². The SMILES string of the molecule is CCOC(=O)CCN(C)S(=O)(=O)c1ccnn1C. The van der Waals surface area contributed by atoms with Crippen LogP contribution in [0.2, 0.25) is 0 Å². The van der Waals surface area contributed by atoms with Gasteiger partial charge in [0.05, 0.1) is 19.2 Å². The summed E-state index contributed by atoms with van der Waals surface area (Å²) in [5.41, 5.74) is 0. The van der Waals surface area contributed by atoms with Crippen molar-refractivity contribution in [3.8, 4) is 0 Å². The molecule has 8 heteroatoms. The minimum atomic E-state index is -3.61. The van der Waals surface area contributed by atoms with Gasteiger partial charge in [0.1, 0.15) is 0 Å². The highest BCUT2D eigenvalue weighted by Gasteiger charge is 2.24. The third-order valence-corrected chi connectivity index (χ3v) is 4.32. The predicted octanol–water partition coefficient (Wildman–Crippen LogP) is -0.00620. The van der Waals surface area contributed by atoms with Crippen molar-refractivity contribution in [3.05, 3.63) is 12.3 Å². The number of hydrogen-bond acceptors (Lipinski definition) is 5. The Balaban J connectivity index is 2.69. The highest BCUT2D eigenvalue weighted by atomic mass is 32.2. The molecule has 0 atom stereocenters. The van der Waals surface area contributed by atoms with Crippen LogP contribution in [0.3, 0.4) is 0 Å². The summed E-state index contributed by atoms with van der Waals surface area (Å²) >= 11 is 0. The average Bonchev–Trinajstić information content (AvgIpc) is 2.73. The molecule has 0 N–H and O–H groups in total. The van der Waals surface area contributed by atoms with Gasteiger partial charge in [-0.05, 0) is 13.0 Å². The molecule has 0 aromatic carbocycles. The summed E-state index contributed by atoms with van der Waals surface area (Å²) in [7, 11) is -0.645. The molecule has 1 aromatic rings. The van der Waals surface area contributed by atoms with E-state index in [2.05, 4.69) is 5.10 Å². The highest BCUT2D eigenvalue weighted by Crippen LogP contribution is 2.12. The summed E-state index contributed by atoms with van der Waals surface area (Å²) in [5.74, 6) is -0.412. The lowest BCUT2D eigenvalue weighted by atomic mass is 10.4. The average molecular weight is 275 g/mol. The highest BCUT2D eigenvalue weighted by molar-refractivity contribution is 7.89. The molecular weight excluding hydrogens is 258 g/mol. The zero-order valence-corrected chi connectivity index (χ0v) is 11.5. The third kappa shape index (κ3) is 3.30. The fourth-order valence-electron chi connectivity index (χ4n) is 1.38. The monoisotopic (exact) mass is 275 g/mol. The lowest BCUT2D eigenvalue weighted by Gasteiger charge is -2.16.